The van der Waals surface area contributed by atoms with E-state index in [2.05, 4.69) is 129 Å². The highest BCUT2D eigenvalue weighted by Gasteiger charge is 2.18. The van der Waals surface area contributed by atoms with Gasteiger partial charge in [-0.3, -0.25) is 0 Å². The lowest BCUT2D eigenvalue weighted by atomic mass is 9.86. The van der Waals surface area contributed by atoms with Gasteiger partial charge in [0.15, 0.2) is 0 Å². The van der Waals surface area contributed by atoms with Crippen LogP contribution in [0.5, 0.6) is 0 Å². The fraction of sp³-hybridized carbons (Fsp3) is 0. The van der Waals surface area contributed by atoms with Gasteiger partial charge in [0, 0.05) is 8.95 Å². The smallest absolute Gasteiger partial charge is 0.0254 e. The topological polar surface area (TPSA) is 0 Å². The van der Waals surface area contributed by atoms with Gasteiger partial charge in [-0.15, -0.1) is 0 Å². The molecular formula is C26H16Br2. The van der Waals surface area contributed by atoms with Crippen LogP contribution in [0.25, 0.3) is 43.8 Å². The van der Waals surface area contributed by atoms with E-state index in [0.717, 1.165) is 8.95 Å². The summed E-state index contributed by atoms with van der Waals surface area (Å²) in [5.74, 6) is 0. The van der Waals surface area contributed by atoms with Crippen molar-refractivity contribution >= 4 is 53.4 Å². The summed E-state index contributed by atoms with van der Waals surface area (Å²) in [7, 11) is 0. The van der Waals surface area contributed by atoms with Crippen LogP contribution in [0, 0.1) is 0 Å². The van der Waals surface area contributed by atoms with E-state index in [0.29, 0.717) is 0 Å². The van der Waals surface area contributed by atoms with Gasteiger partial charge >= 0.3 is 0 Å². The SMILES string of the molecule is Brc1ccccc1-c1c2ccccc2c(-c2ccccc2Br)c2ccccc12. The van der Waals surface area contributed by atoms with Crippen molar-refractivity contribution < 1.29 is 0 Å². The third-order valence-corrected chi connectivity index (χ3v) is 6.60. The highest BCUT2D eigenvalue weighted by molar-refractivity contribution is 9.11. The van der Waals surface area contributed by atoms with Crippen LogP contribution in [0.15, 0.2) is 106 Å². The van der Waals surface area contributed by atoms with E-state index < -0.39 is 0 Å². The molecule has 0 N–H and O–H groups in total. The van der Waals surface area contributed by atoms with Crippen molar-refractivity contribution in [3.63, 3.8) is 0 Å². The molecule has 0 aromatic heterocycles. The van der Waals surface area contributed by atoms with Crippen LogP contribution in [0.4, 0.5) is 0 Å². The van der Waals surface area contributed by atoms with Gasteiger partial charge in [0.1, 0.15) is 0 Å². The zero-order valence-corrected chi connectivity index (χ0v) is 18.2. The van der Waals surface area contributed by atoms with E-state index in [4.69, 9.17) is 0 Å². The summed E-state index contributed by atoms with van der Waals surface area (Å²) in [6.45, 7) is 0. The van der Waals surface area contributed by atoms with Crippen molar-refractivity contribution in [1.29, 1.82) is 0 Å². The maximum Gasteiger partial charge on any atom is 0.0254 e. The molecular weight excluding hydrogens is 472 g/mol. The molecule has 0 unspecified atom stereocenters. The molecule has 0 amide bonds. The molecule has 0 atom stereocenters. The second-order valence-corrected chi connectivity index (χ2v) is 8.51. The molecule has 0 heterocycles. The molecule has 0 aliphatic rings. The van der Waals surface area contributed by atoms with Crippen molar-refractivity contribution in [3.05, 3.63) is 106 Å². The number of benzene rings is 5. The van der Waals surface area contributed by atoms with Crippen molar-refractivity contribution in [1.82, 2.24) is 0 Å². The second kappa shape index (κ2) is 7.20. The number of fused-ring (bicyclic) bond motifs is 2. The van der Waals surface area contributed by atoms with Crippen LogP contribution in [0.3, 0.4) is 0 Å². The van der Waals surface area contributed by atoms with Gasteiger partial charge in [-0.25, -0.2) is 0 Å². The molecule has 5 aromatic carbocycles. The van der Waals surface area contributed by atoms with Gasteiger partial charge in [0.2, 0.25) is 0 Å². The van der Waals surface area contributed by atoms with E-state index in [1.54, 1.807) is 0 Å². The van der Waals surface area contributed by atoms with E-state index >= 15 is 0 Å². The Morgan fingerprint density at radius 2 is 0.643 bits per heavy atom. The average molecular weight is 488 g/mol. The van der Waals surface area contributed by atoms with Gasteiger partial charge in [-0.1, -0.05) is 117 Å². The maximum absolute atomic E-state index is 3.77. The molecule has 0 spiro atoms. The quantitative estimate of drug-likeness (QED) is 0.218. The standard InChI is InChI=1S/C26H16Br2/c27-23-15-7-5-13-21(23)25-17-9-1-2-10-18(17)26(20-12-4-3-11-19(20)25)22-14-6-8-16-24(22)28/h1-16H. The van der Waals surface area contributed by atoms with Crippen molar-refractivity contribution in [2.75, 3.05) is 0 Å². The molecule has 28 heavy (non-hydrogen) atoms. The Balaban J connectivity index is 2.04. The number of rotatable bonds is 2. The fourth-order valence-electron chi connectivity index (χ4n) is 4.04. The molecule has 0 fully saturated rings. The molecule has 5 aromatic rings. The Labute approximate surface area is 181 Å². The van der Waals surface area contributed by atoms with Crippen LogP contribution >= 0.6 is 31.9 Å². The van der Waals surface area contributed by atoms with E-state index in [1.165, 1.54) is 43.8 Å². The Hall–Kier alpha value is -2.42. The van der Waals surface area contributed by atoms with Gasteiger partial charge in [-0.05, 0) is 55.9 Å². The number of hydrogen-bond donors (Lipinski definition) is 0. The van der Waals surface area contributed by atoms with Gasteiger partial charge < -0.3 is 0 Å². The van der Waals surface area contributed by atoms with Gasteiger partial charge in [-0.2, -0.15) is 0 Å². The van der Waals surface area contributed by atoms with Gasteiger partial charge in [0.25, 0.3) is 0 Å². The van der Waals surface area contributed by atoms with Crippen LogP contribution in [-0.2, 0) is 0 Å². The van der Waals surface area contributed by atoms with Crippen molar-refractivity contribution in [2.45, 2.75) is 0 Å². The third kappa shape index (κ3) is 2.80. The lowest BCUT2D eigenvalue weighted by Gasteiger charge is -2.19. The van der Waals surface area contributed by atoms with E-state index in [9.17, 15) is 0 Å². The zero-order chi connectivity index (χ0) is 19.1. The lowest BCUT2D eigenvalue weighted by Crippen LogP contribution is -1.91. The second-order valence-electron chi connectivity index (χ2n) is 6.80. The predicted molar refractivity (Wildman–Crippen MR) is 128 cm³/mol. The number of hydrogen-bond acceptors (Lipinski definition) is 0. The molecule has 0 bridgehead atoms. The summed E-state index contributed by atoms with van der Waals surface area (Å²) in [4.78, 5) is 0. The molecule has 134 valence electrons. The largest absolute Gasteiger partial charge is 0.0616 e. The first kappa shape index (κ1) is 17.7. The molecule has 0 radical (unpaired) electrons. The number of halogens is 2. The molecule has 0 aliphatic heterocycles. The van der Waals surface area contributed by atoms with Crippen LogP contribution < -0.4 is 0 Å². The highest BCUT2D eigenvalue weighted by Crippen LogP contribution is 2.46. The highest BCUT2D eigenvalue weighted by atomic mass is 79.9. The van der Waals surface area contributed by atoms with Crippen molar-refractivity contribution in [2.24, 2.45) is 0 Å². The maximum atomic E-state index is 3.77. The first-order chi connectivity index (χ1) is 13.8. The molecule has 0 aliphatic carbocycles. The molecule has 0 saturated carbocycles. The minimum Gasteiger partial charge on any atom is -0.0616 e. The Morgan fingerprint density at radius 3 is 0.964 bits per heavy atom. The van der Waals surface area contributed by atoms with E-state index in [1.807, 2.05) is 0 Å². The summed E-state index contributed by atoms with van der Waals surface area (Å²) in [5, 5.41) is 5.05. The predicted octanol–water partition coefficient (Wildman–Crippen LogP) is 8.85. The summed E-state index contributed by atoms with van der Waals surface area (Å²) in [6, 6.07) is 34.4. The van der Waals surface area contributed by atoms with Crippen LogP contribution in [0.1, 0.15) is 0 Å². The third-order valence-electron chi connectivity index (χ3n) is 5.22. The Kier molecular flexibility index (Phi) is 4.54. The Bertz CT molecular complexity index is 1170. The normalized spacial score (nSPS) is 11.2. The van der Waals surface area contributed by atoms with Crippen molar-refractivity contribution in [3.8, 4) is 22.3 Å². The minimum absolute atomic E-state index is 1.11. The fourth-order valence-corrected chi connectivity index (χ4v) is 5.00. The summed E-state index contributed by atoms with van der Waals surface area (Å²) < 4.78 is 2.22. The molecule has 2 heteroatoms. The average Bonchev–Trinajstić information content (AvgIpc) is 2.73. The van der Waals surface area contributed by atoms with Gasteiger partial charge in [0.05, 0.1) is 0 Å². The molecule has 5 rings (SSSR count). The van der Waals surface area contributed by atoms with Crippen LogP contribution in [0.2, 0.25) is 0 Å². The minimum atomic E-state index is 1.11. The zero-order valence-electron chi connectivity index (χ0n) is 15.0. The Morgan fingerprint density at radius 1 is 0.357 bits per heavy atom. The lowest BCUT2D eigenvalue weighted by molar-refractivity contribution is 1.61. The summed E-state index contributed by atoms with van der Waals surface area (Å²) in [5.41, 5.74) is 4.98. The summed E-state index contributed by atoms with van der Waals surface area (Å²) in [6.07, 6.45) is 0. The molecule has 0 saturated heterocycles. The van der Waals surface area contributed by atoms with E-state index in [-0.39, 0.29) is 0 Å². The molecule has 0 nitrogen and oxygen atoms in total. The first-order valence-electron chi connectivity index (χ1n) is 9.19. The van der Waals surface area contributed by atoms with Crippen LogP contribution in [-0.4, -0.2) is 0 Å². The summed E-state index contributed by atoms with van der Waals surface area (Å²) >= 11 is 7.54. The first-order valence-corrected chi connectivity index (χ1v) is 10.8. The monoisotopic (exact) mass is 486 g/mol.